The van der Waals surface area contributed by atoms with E-state index in [0.717, 1.165) is 10.3 Å². The molecule has 0 aliphatic carbocycles. The van der Waals surface area contributed by atoms with E-state index >= 15 is 0 Å². The van der Waals surface area contributed by atoms with Gasteiger partial charge < -0.3 is 5.32 Å². The molecular weight excluding hydrogens is 276 g/mol. The third-order valence-corrected chi connectivity index (χ3v) is 5.19. The van der Waals surface area contributed by atoms with E-state index < -0.39 is 0 Å². The number of nitrogens with one attached hydrogen (secondary N) is 1. The first-order valence-corrected chi connectivity index (χ1v) is 8.65. The van der Waals surface area contributed by atoms with Crippen LogP contribution in [0.25, 0.3) is 0 Å². The second-order valence-electron chi connectivity index (χ2n) is 5.55. The molecule has 1 atom stereocenters. The van der Waals surface area contributed by atoms with Crippen LogP contribution in [0.2, 0.25) is 4.34 Å². The molecule has 0 bridgehead atoms. The number of rotatable bonds is 6. The highest BCUT2D eigenvalue weighted by Crippen LogP contribution is 2.29. The second-order valence-corrected chi connectivity index (χ2v) is 7.09. The molecule has 0 saturated carbocycles. The minimum absolute atomic E-state index is 0.485. The highest BCUT2D eigenvalue weighted by Gasteiger charge is 2.21. The number of hydrogen-bond donors (Lipinski definition) is 1. The van der Waals surface area contributed by atoms with Gasteiger partial charge in [-0.3, -0.25) is 4.90 Å². The molecule has 0 amide bonds. The smallest absolute Gasteiger partial charge is 0.0931 e. The maximum absolute atomic E-state index is 6.07. The van der Waals surface area contributed by atoms with E-state index in [4.69, 9.17) is 11.6 Å². The van der Waals surface area contributed by atoms with Gasteiger partial charge in [0.1, 0.15) is 0 Å². The van der Waals surface area contributed by atoms with E-state index in [2.05, 4.69) is 35.5 Å². The average Bonchev–Trinajstić information content (AvgIpc) is 2.85. The van der Waals surface area contributed by atoms with Gasteiger partial charge in [-0.25, -0.2) is 0 Å². The molecule has 4 heteroatoms. The standard InChI is InChI=1S/C15H25ClN2S/c1-3-8-18(10-13-4-6-17-7-5-13)12(2)14-9-15(16)19-11-14/h9,11-13,17H,3-8,10H2,1-2H3. The first-order chi connectivity index (χ1) is 9.20. The van der Waals surface area contributed by atoms with Gasteiger partial charge in [0.25, 0.3) is 0 Å². The Kier molecular flexibility index (Phi) is 6.14. The molecule has 1 aromatic rings. The van der Waals surface area contributed by atoms with E-state index in [1.54, 1.807) is 11.3 Å². The van der Waals surface area contributed by atoms with Crippen molar-refractivity contribution >= 4 is 22.9 Å². The van der Waals surface area contributed by atoms with Crippen LogP contribution in [-0.2, 0) is 0 Å². The third-order valence-electron chi connectivity index (χ3n) is 4.08. The van der Waals surface area contributed by atoms with Crippen LogP contribution >= 0.6 is 22.9 Å². The molecule has 1 N–H and O–H groups in total. The molecule has 1 saturated heterocycles. The van der Waals surface area contributed by atoms with E-state index in [0.29, 0.717) is 6.04 Å². The SMILES string of the molecule is CCCN(CC1CCNCC1)C(C)c1csc(Cl)c1. The topological polar surface area (TPSA) is 15.3 Å². The molecule has 1 aromatic heterocycles. The zero-order chi connectivity index (χ0) is 13.7. The molecule has 2 heterocycles. The fraction of sp³-hybridized carbons (Fsp3) is 0.733. The predicted octanol–water partition coefficient (Wildman–Crippen LogP) is 4.17. The van der Waals surface area contributed by atoms with Crippen molar-refractivity contribution in [2.45, 2.75) is 39.2 Å². The normalized spacial score (nSPS) is 18.9. The number of hydrogen-bond acceptors (Lipinski definition) is 3. The molecule has 1 aliphatic rings. The van der Waals surface area contributed by atoms with E-state index in [1.807, 2.05) is 0 Å². The van der Waals surface area contributed by atoms with Gasteiger partial charge in [-0.1, -0.05) is 18.5 Å². The van der Waals surface area contributed by atoms with Gasteiger partial charge in [0.2, 0.25) is 0 Å². The highest BCUT2D eigenvalue weighted by molar-refractivity contribution is 7.14. The largest absolute Gasteiger partial charge is 0.317 e. The Hall–Kier alpha value is -0.0900. The molecule has 2 nitrogen and oxygen atoms in total. The second kappa shape index (κ2) is 7.63. The van der Waals surface area contributed by atoms with Crippen LogP contribution in [-0.4, -0.2) is 31.1 Å². The maximum Gasteiger partial charge on any atom is 0.0931 e. The Bertz CT molecular complexity index is 374. The van der Waals surface area contributed by atoms with Crippen LogP contribution < -0.4 is 5.32 Å². The van der Waals surface area contributed by atoms with Crippen LogP contribution in [0.15, 0.2) is 11.4 Å². The summed E-state index contributed by atoms with van der Waals surface area (Å²) in [4.78, 5) is 2.63. The zero-order valence-electron chi connectivity index (χ0n) is 12.0. The van der Waals surface area contributed by atoms with Crippen molar-refractivity contribution in [1.29, 1.82) is 0 Å². The van der Waals surface area contributed by atoms with Crippen molar-refractivity contribution in [2.24, 2.45) is 5.92 Å². The van der Waals surface area contributed by atoms with Crippen LogP contribution in [0.3, 0.4) is 0 Å². The summed E-state index contributed by atoms with van der Waals surface area (Å²) in [7, 11) is 0. The molecule has 1 unspecified atom stereocenters. The lowest BCUT2D eigenvalue weighted by molar-refractivity contribution is 0.161. The summed E-state index contributed by atoms with van der Waals surface area (Å²) >= 11 is 7.71. The maximum atomic E-state index is 6.07. The van der Waals surface area contributed by atoms with Crippen molar-refractivity contribution < 1.29 is 0 Å². The summed E-state index contributed by atoms with van der Waals surface area (Å²) in [5, 5.41) is 5.66. The molecule has 2 rings (SSSR count). The highest BCUT2D eigenvalue weighted by atomic mass is 35.5. The van der Waals surface area contributed by atoms with Crippen molar-refractivity contribution in [2.75, 3.05) is 26.2 Å². The van der Waals surface area contributed by atoms with Crippen molar-refractivity contribution in [3.05, 3.63) is 21.3 Å². The molecule has 1 fully saturated rings. The molecule has 1 aliphatic heterocycles. The Balaban J connectivity index is 1.97. The van der Waals surface area contributed by atoms with Gasteiger partial charge in [0.15, 0.2) is 0 Å². The number of thiophene rings is 1. The van der Waals surface area contributed by atoms with E-state index in [-0.39, 0.29) is 0 Å². The Morgan fingerprint density at radius 3 is 2.79 bits per heavy atom. The zero-order valence-corrected chi connectivity index (χ0v) is 13.6. The van der Waals surface area contributed by atoms with Gasteiger partial charge in [-0.2, -0.15) is 0 Å². The van der Waals surface area contributed by atoms with Crippen LogP contribution in [0.5, 0.6) is 0 Å². The Morgan fingerprint density at radius 1 is 1.47 bits per heavy atom. The van der Waals surface area contributed by atoms with Gasteiger partial charge in [0.05, 0.1) is 4.34 Å². The van der Waals surface area contributed by atoms with Crippen molar-refractivity contribution in [3.63, 3.8) is 0 Å². The number of halogens is 1. The van der Waals surface area contributed by atoms with Crippen molar-refractivity contribution in [1.82, 2.24) is 10.2 Å². The number of piperidine rings is 1. The quantitative estimate of drug-likeness (QED) is 0.848. The lowest BCUT2D eigenvalue weighted by atomic mass is 9.96. The minimum atomic E-state index is 0.485. The van der Waals surface area contributed by atoms with Crippen LogP contribution in [0.1, 0.15) is 44.7 Å². The van der Waals surface area contributed by atoms with Gasteiger partial charge in [-0.15, -0.1) is 11.3 Å². The van der Waals surface area contributed by atoms with E-state index in [1.165, 1.54) is 51.0 Å². The third kappa shape index (κ3) is 4.45. The van der Waals surface area contributed by atoms with E-state index in [9.17, 15) is 0 Å². The Labute approximate surface area is 126 Å². The monoisotopic (exact) mass is 300 g/mol. The molecule has 108 valence electrons. The lowest BCUT2D eigenvalue weighted by Gasteiger charge is -2.33. The first-order valence-electron chi connectivity index (χ1n) is 7.39. The van der Waals surface area contributed by atoms with Gasteiger partial charge in [-0.05, 0) is 68.7 Å². The fourth-order valence-corrected chi connectivity index (χ4v) is 3.86. The van der Waals surface area contributed by atoms with Crippen LogP contribution in [0, 0.1) is 5.92 Å². The molecular formula is C15H25ClN2S. The molecule has 19 heavy (non-hydrogen) atoms. The average molecular weight is 301 g/mol. The summed E-state index contributed by atoms with van der Waals surface area (Å²) in [6, 6.07) is 2.61. The summed E-state index contributed by atoms with van der Waals surface area (Å²) < 4.78 is 0.903. The molecule has 0 aromatic carbocycles. The lowest BCUT2D eigenvalue weighted by Crippen LogP contribution is -2.37. The van der Waals surface area contributed by atoms with Gasteiger partial charge in [0, 0.05) is 12.6 Å². The summed E-state index contributed by atoms with van der Waals surface area (Å²) in [6.07, 6.45) is 3.85. The summed E-state index contributed by atoms with van der Waals surface area (Å²) in [5.74, 6) is 0.851. The summed E-state index contributed by atoms with van der Waals surface area (Å²) in [6.45, 7) is 9.35. The number of nitrogens with zero attached hydrogens (tertiary/aromatic N) is 1. The van der Waals surface area contributed by atoms with Crippen molar-refractivity contribution in [3.8, 4) is 0 Å². The first kappa shape index (κ1) is 15.3. The predicted molar refractivity (Wildman–Crippen MR) is 85.2 cm³/mol. The minimum Gasteiger partial charge on any atom is -0.317 e. The fourth-order valence-electron chi connectivity index (χ4n) is 2.88. The molecule has 0 radical (unpaired) electrons. The van der Waals surface area contributed by atoms with Gasteiger partial charge >= 0.3 is 0 Å². The summed E-state index contributed by atoms with van der Waals surface area (Å²) in [5.41, 5.74) is 1.37. The van der Waals surface area contributed by atoms with Crippen LogP contribution in [0.4, 0.5) is 0 Å². The molecule has 0 spiro atoms. The Morgan fingerprint density at radius 2 is 2.21 bits per heavy atom.